The summed E-state index contributed by atoms with van der Waals surface area (Å²) in [6.45, 7) is 2.63. The monoisotopic (exact) mass is 249 g/mol. The first-order chi connectivity index (χ1) is 8.16. The smallest absolute Gasteiger partial charge is 0.240 e. The summed E-state index contributed by atoms with van der Waals surface area (Å²) in [6, 6.07) is 2.16. The highest BCUT2D eigenvalue weighted by atomic mass is 32.1. The zero-order valence-corrected chi connectivity index (χ0v) is 10.6. The van der Waals surface area contributed by atoms with Crippen LogP contribution in [0.15, 0.2) is 11.6 Å². The third-order valence-electron chi connectivity index (χ3n) is 3.15. The first kappa shape index (κ1) is 12.1. The molecule has 90 valence electrons. The van der Waals surface area contributed by atoms with Gasteiger partial charge in [-0.3, -0.25) is 4.79 Å². The van der Waals surface area contributed by atoms with Crippen LogP contribution in [0.2, 0.25) is 0 Å². The Labute approximate surface area is 105 Å². The lowest BCUT2D eigenvalue weighted by molar-refractivity contribution is -0.133. The molecule has 2 rings (SSSR count). The Kier molecular flexibility index (Phi) is 3.43. The summed E-state index contributed by atoms with van der Waals surface area (Å²) >= 11 is 1.58. The van der Waals surface area contributed by atoms with Crippen LogP contribution in [0.4, 0.5) is 0 Å². The highest BCUT2D eigenvalue weighted by Crippen LogP contribution is 2.44. The molecule has 0 aromatic carbocycles. The molecule has 1 aliphatic carbocycles. The van der Waals surface area contributed by atoms with Gasteiger partial charge in [0.15, 0.2) is 0 Å². The summed E-state index contributed by atoms with van der Waals surface area (Å²) in [5, 5.41) is 14.9. The molecule has 1 heterocycles. The van der Waals surface area contributed by atoms with E-state index >= 15 is 0 Å². The van der Waals surface area contributed by atoms with Crippen LogP contribution in [0.3, 0.4) is 0 Å². The number of carbonyl (C=O) groups is 1. The van der Waals surface area contributed by atoms with Crippen LogP contribution in [0.1, 0.15) is 24.8 Å². The Morgan fingerprint density at radius 1 is 1.76 bits per heavy atom. The van der Waals surface area contributed by atoms with Crippen LogP contribution in [0.5, 0.6) is 0 Å². The van der Waals surface area contributed by atoms with Gasteiger partial charge in [0.05, 0.1) is 11.1 Å². The summed E-state index contributed by atoms with van der Waals surface area (Å²) in [7, 11) is 0. The van der Waals surface area contributed by atoms with Gasteiger partial charge in [-0.2, -0.15) is 5.26 Å². The molecule has 1 amide bonds. The number of nitrogens with one attached hydrogen (secondary N) is 1. The third-order valence-corrected chi connectivity index (χ3v) is 3.99. The van der Waals surface area contributed by atoms with Gasteiger partial charge < -0.3 is 5.32 Å². The summed E-state index contributed by atoms with van der Waals surface area (Å²) in [5.41, 5.74) is -0.762. The van der Waals surface area contributed by atoms with Crippen molar-refractivity contribution in [1.29, 1.82) is 5.26 Å². The Morgan fingerprint density at radius 2 is 2.53 bits per heavy atom. The fourth-order valence-electron chi connectivity index (χ4n) is 2.29. The molecule has 1 aromatic heterocycles. The quantitative estimate of drug-likeness (QED) is 0.884. The second kappa shape index (κ2) is 4.84. The molecule has 5 heteroatoms. The zero-order valence-electron chi connectivity index (χ0n) is 9.77. The van der Waals surface area contributed by atoms with E-state index in [0.29, 0.717) is 25.3 Å². The normalized spacial score (nSPS) is 26.9. The van der Waals surface area contributed by atoms with E-state index in [0.717, 1.165) is 11.4 Å². The molecule has 0 bridgehead atoms. The van der Waals surface area contributed by atoms with E-state index in [4.69, 9.17) is 5.26 Å². The number of thiazole rings is 1. The van der Waals surface area contributed by atoms with Gasteiger partial charge in [-0.05, 0) is 18.8 Å². The number of hydrogen-bond acceptors (Lipinski definition) is 4. The van der Waals surface area contributed by atoms with Gasteiger partial charge in [0.1, 0.15) is 5.41 Å². The van der Waals surface area contributed by atoms with Gasteiger partial charge in [-0.15, -0.1) is 11.3 Å². The van der Waals surface area contributed by atoms with Crippen molar-refractivity contribution in [2.45, 2.75) is 26.2 Å². The first-order valence-corrected chi connectivity index (χ1v) is 6.62. The number of amides is 1. The molecule has 1 fully saturated rings. The largest absolute Gasteiger partial charge is 0.354 e. The molecule has 1 aliphatic rings. The first-order valence-electron chi connectivity index (χ1n) is 5.74. The maximum absolute atomic E-state index is 11.9. The lowest BCUT2D eigenvalue weighted by Gasteiger charge is -2.39. The van der Waals surface area contributed by atoms with Crippen molar-refractivity contribution in [3.05, 3.63) is 16.6 Å². The minimum Gasteiger partial charge on any atom is -0.354 e. The summed E-state index contributed by atoms with van der Waals surface area (Å²) in [5.74, 6) is 0.369. The Balaban J connectivity index is 1.80. The number of carbonyl (C=O) groups excluding carboxylic acids is 1. The summed E-state index contributed by atoms with van der Waals surface area (Å²) in [6.07, 6.45) is 3.87. The van der Waals surface area contributed by atoms with Crippen molar-refractivity contribution < 1.29 is 4.79 Å². The summed E-state index contributed by atoms with van der Waals surface area (Å²) < 4.78 is 0. The van der Waals surface area contributed by atoms with Gasteiger partial charge in [-0.1, -0.05) is 6.92 Å². The minimum atomic E-state index is -0.762. The van der Waals surface area contributed by atoms with Gasteiger partial charge in [-0.25, -0.2) is 4.98 Å². The average molecular weight is 249 g/mol. The van der Waals surface area contributed by atoms with Gasteiger partial charge in [0.25, 0.3) is 0 Å². The molecule has 0 spiro atoms. The van der Waals surface area contributed by atoms with E-state index < -0.39 is 5.41 Å². The maximum Gasteiger partial charge on any atom is 0.240 e. The number of aromatic nitrogens is 1. The third kappa shape index (κ3) is 2.47. The molecular formula is C12H15N3OS. The SMILES string of the molecule is CC1CC(C#N)(C(=O)NCCc2nccs2)C1. The summed E-state index contributed by atoms with van der Waals surface area (Å²) in [4.78, 5) is 16.0. The molecule has 1 N–H and O–H groups in total. The van der Waals surface area contributed by atoms with Crippen molar-refractivity contribution in [3.63, 3.8) is 0 Å². The number of rotatable bonds is 4. The van der Waals surface area contributed by atoms with Crippen molar-refractivity contribution in [2.75, 3.05) is 6.54 Å². The predicted molar refractivity (Wildman–Crippen MR) is 65.3 cm³/mol. The predicted octanol–water partition coefficient (Wildman–Crippen LogP) is 1.74. The highest BCUT2D eigenvalue weighted by Gasteiger charge is 2.48. The molecular weight excluding hydrogens is 234 g/mol. The molecule has 0 aliphatic heterocycles. The minimum absolute atomic E-state index is 0.116. The van der Waals surface area contributed by atoms with E-state index in [1.165, 1.54) is 0 Å². The molecule has 1 saturated carbocycles. The van der Waals surface area contributed by atoms with Gasteiger partial charge in [0.2, 0.25) is 5.91 Å². The lowest BCUT2D eigenvalue weighted by Crippen LogP contribution is -2.48. The molecule has 0 atom stereocenters. The fourth-order valence-corrected chi connectivity index (χ4v) is 2.91. The zero-order chi connectivity index (χ0) is 12.3. The second-order valence-corrected chi connectivity index (χ2v) is 5.62. The topological polar surface area (TPSA) is 65.8 Å². The van der Waals surface area contributed by atoms with Crippen LogP contribution >= 0.6 is 11.3 Å². The number of nitrogens with zero attached hydrogens (tertiary/aromatic N) is 2. The van der Waals surface area contributed by atoms with Gasteiger partial charge >= 0.3 is 0 Å². The van der Waals surface area contributed by atoms with Crippen molar-refractivity contribution in [2.24, 2.45) is 11.3 Å². The molecule has 4 nitrogen and oxygen atoms in total. The molecule has 1 aromatic rings. The van der Waals surface area contributed by atoms with Crippen LogP contribution in [-0.2, 0) is 11.2 Å². The van der Waals surface area contributed by atoms with E-state index in [1.54, 1.807) is 17.5 Å². The fraction of sp³-hybridized carbons (Fsp3) is 0.583. The van der Waals surface area contributed by atoms with Crippen LogP contribution in [-0.4, -0.2) is 17.4 Å². The second-order valence-electron chi connectivity index (χ2n) is 4.64. The van der Waals surface area contributed by atoms with E-state index in [1.807, 2.05) is 5.38 Å². The number of nitriles is 1. The molecule has 0 unspecified atom stereocenters. The van der Waals surface area contributed by atoms with Crippen molar-refractivity contribution >= 4 is 17.2 Å². The Hall–Kier alpha value is -1.41. The van der Waals surface area contributed by atoms with Crippen molar-refractivity contribution in [1.82, 2.24) is 10.3 Å². The van der Waals surface area contributed by atoms with Crippen LogP contribution in [0.25, 0.3) is 0 Å². The molecule has 0 saturated heterocycles. The molecule has 0 radical (unpaired) electrons. The highest BCUT2D eigenvalue weighted by molar-refractivity contribution is 7.09. The Bertz CT molecular complexity index is 429. The van der Waals surface area contributed by atoms with Crippen LogP contribution < -0.4 is 5.32 Å². The van der Waals surface area contributed by atoms with Crippen molar-refractivity contribution in [3.8, 4) is 6.07 Å². The average Bonchev–Trinajstić information content (AvgIpc) is 2.77. The number of hydrogen-bond donors (Lipinski definition) is 1. The van der Waals surface area contributed by atoms with E-state index in [2.05, 4.69) is 23.3 Å². The standard InChI is InChI=1S/C12H15N3OS/c1-9-6-12(7-9,8-13)11(16)15-3-2-10-14-4-5-17-10/h4-5,9H,2-3,6-7H2,1H3,(H,15,16). The maximum atomic E-state index is 11.9. The van der Waals surface area contributed by atoms with E-state index in [-0.39, 0.29) is 5.91 Å². The lowest BCUT2D eigenvalue weighted by atomic mass is 9.63. The van der Waals surface area contributed by atoms with Crippen LogP contribution in [0, 0.1) is 22.7 Å². The molecule has 17 heavy (non-hydrogen) atoms. The Morgan fingerprint density at radius 3 is 3.06 bits per heavy atom. The van der Waals surface area contributed by atoms with E-state index in [9.17, 15) is 4.79 Å². The van der Waals surface area contributed by atoms with Gasteiger partial charge in [0, 0.05) is 24.5 Å².